The van der Waals surface area contributed by atoms with Crippen LogP contribution in [0.2, 0.25) is 0 Å². The Bertz CT molecular complexity index is 266. The first kappa shape index (κ1) is 10.5. The Balaban J connectivity index is 0.000001000. The minimum absolute atomic E-state index is 0. The lowest BCUT2D eigenvalue weighted by Gasteiger charge is -1.90. The second kappa shape index (κ2) is 4.40. The molecular weight excluding hydrogens is 280 g/mol. The van der Waals surface area contributed by atoms with Crippen LogP contribution in [0.15, 0.2) is 22.9 Å². The SMILES string of the molecule is Br.O=[N+]([O-])c1cnccc1Br. The summed E-state index contributed by atoms with van der Waals surface area (Å²) in [4.78, 5) is 13.3. The summed E-state index contributed by atoms with van der Waals surface area (Å²) in [7, 11) is 0. The molecule has 0 unspecified atom stereocenters. The van der Waals surface area contributed by atoms with E-state index in [1.807, 2.05) is 0 Å². The van der Waals surface area contributed by atoms with Crippen molar-refractivity contribution >= 4 is 38.6 Å². The lowest BCUT2D eigenvalue weighted by atomic mass is 10.4. The molecule has 1 aromatic rings. The summed E-state index contributed by atoms with van der Waals surface area (Å²) in [6.07, 6.45) is 2.68. The first-order valence-electron chi connectivity index (χ1n) is 2.45. The maximum Gasteiger partial charge on any atom is 0.301 e. The van der Waals surface area contributed by atoms with Crippen molar-refractivity contribution in [2.75, 3.05) is 0 Å². The normalized spacial score (nSPS) is 8.45. The molecule has 0 aliphatic heterocycles. The van der Waals surface area contributed by atoms with Gasteiger partial charge in [0, 0.05) is 6.20 Å². The van der Waals surface area contributed by atoms with Crippen molar-refractivity contribution in [1.29, 1.82) is 0 Å². The molecule has 0 saturated carbocycles. The molecule has 0 spiro atoms. The van der Waals surface area contributed by atoms with Crippen molar-refractivity contribution in [3.8, 4) is 0 Å². The molecule has 1 rings (SSSR count). The Morgan fingerprint density at radius 3 is 2.64 bits per heavy atom. The molecule has 1 heterocycles. The van der Waals surface area contributed by atoms with E-state index in [4.69, 9.17) is 0 Å². The van der Waals surface area contributed by atoms with Gasteiger partial charge in [0.2, 0.25) is 0 Å². The van der Waals surface area contributed by atoms with E-state index in [2.05, 4.69) is 20.9 Å². The maximum absolute atomic E-state index is 10.2. The van der Waals surface area contributed by atoms with Crippen LogP contribution in [0.25, 0.3) is 0 Å². The first-order chi connectivity index (χ1) is 4.72. The third kappa shape index (κ3) is 2.55. The second-order valence-corrected chi connectivity index (χ2v) is 2.44. The van der Waals surface area contributed by atoms with Gasteiger partial charge in [-0.05, 0) is 22.0 Å². The summed E-state index contributed by atoms with van der Waals surface area (Å²) in [6, 6.07) is 1.53. The van der Waals surface area contributed by atoms with E-state index < -0.39 is 4.92 Å². The highest BCUT2D eigenvalue weighted by Crippen LogP contribution is 2.21. The van der Waals surface area contributed by atoms with Crippen LogP contribution in [-0.4, -0.2) is 9.91 Å². The molecule has 0 aliphatic rings. The van der Waals surface area contributed by atoms with E-state index in [0.29, 0.717) is 4.47 Å². The van der Waals surface area contributed by atoms with Gasteiger partial charge in [-0.1, -0.05) is 0 Å². The smallest absolute Gasteiger partial charge is 0.258 e. The summed E-state index contributed by atoms with van der Waals surface area (Å²) in [5, 5.41) is 10.2. The fourth-order valence-corrected chi connectivity index (χ4v) is 0.869. The van der Waals surface area contributed by atoms with Gasteiger partial charge in [-0.25, -0.2) is 0 Å². The van der Waals surface area contributed by atoms with Gasteiger partial charge in [0.05, 0.1) is 9.40 Å². The van der Waals surface area contributed by atoms with Crippen LogP contribution in [0.4, 0.5) is 5.69 Å². The number of rotatable bonds is 1. The van der Waals surface area contributed by atoms with Gasteiger partial charge in [0.15, 0.2) is 0 Å². The highest BCUT2D eigenvalue weighted by Gasteiger charge is 2.08. The van der Waals surface area contributed by atoms with Crippen molar-refractivity contribution < 1.29 is 4.92 Å². The van der Waals surface area contributed by atoms with E-state index in [1.54, 1.807) is 0 Å². The van der Waals surface area contributed by atoms with Crippen molar-refractivity contribution in [2.45, 2.75) is 0 Å². The van der Waals surface area contributed by atoms with Crippen LogP contribution in [0.5, 0.6) is 0 Å². The quantitative estimate of drug-likeness (QED) is 0.587. The van der Waals surface area contributed by atoms with Crippen LogP contribution in [0.3, 0.4) is 0 Å². The van der Waals surface area contributed by atoms with Crippen molar-refractivity contribution in [2.24, 2.45) is 0 Å². The summed E-state index contributed by atoms with van der Waals surface area (Å²) in [6.45, 7) is 0. The minimum atomic E-state index is -0.489. The molecule has 11 heavy (non-hydrogen) atoms. The average Bonchev–Trinajstić information content (AvgIpc) is 1.88. The van der Waals surface area contributed by atoms with E-state index in [1.165, 1.54) is 18.5 Å². The number of nitro groups is 1. The summed E-state index contributed by atoms with van der Waals surface area (Å²) in [5.41, 5.74) is -0.0116. The number of aromatic nitrogens is 1. The predicted molar refractivity (Wildman–Crippen MR) is 48.9 cm³/mol. The Morgan fingerprint density at radius 1 is 1.64 bits per heavy atom. The van der Waals surface area contributed by atoms with Crippen LogP contribution in [-0.2, 0) is 0 Å². The van der Waals surface area contributed by atoms with E-state index in [9.17, 15) is 10.1 Å². The zero-order valence-electron chi connectivity index (χ0n) is 5.23. The topological polar surface area (TPSA) is 56.0 Å². The molecule has 0 aromatic carbocycles. The molecule has 1 aromatic heterocycles. The summed E-state index contributed by atoms with van der Waals surface area (Å²) < 4.78 is 0.451. The standard InChI is InChI=1S/C5H3BrN2O2.BrH/c6-4-1-2-7-3-5(4)8(9)10;/h1-3H;1H. The number of nitrogens with zero attached hydrogens (tertiary/aromatic N) is 2. The Morgan fingerprint density at radius 2 is 2.27 bits per heavy atom. The van der Waals surface area contributed by atoms with Gasteiger partial charge in [-0.3, -0.25) is 15.1 Å². The number of pyridine rings is 1. The molecule has 0 atom stereocenters. The number of hydrogen-bond donors (Lipinski definition) is 0. The molecule has 6 heteroatoms. The third-order valence-electron chi connectivity index (χ3n) is 0.945. The Hall–Kier alpha value is -0.490. The molecule has 0 amide bonds. The fraction of sp³-hybridized carbons (Fsp3) is 0. The average molecular weight is 284 g/mol. The van der Waals surface area contributed by atoms with E-state index >= 15 is 0 Å². The van der Waals surface area contributed by atoms with Gasteiger partial charge in [-0.2, -0.15) is 0 Å². The molecule has 0 bridgehead atoms. The maximum atomic E-state index is 10.2. The van der Waals surface area contributed by atoms with Crippen LogP contribution in [0, 0.1) is 10.1 Å². The molecule has 4 nitrogen and oxygen atoms in total. The molecule has 60 valence electrons. The molecule has 0 aliphatic carbocycles. The molecule has 0 N–H and O–H groups in total. The monoisotopic (exact) mass is 282 g/mol. The zero-order valence-corrected chi connectivity index (χ0v) is 8.53. The zero-order chi connectivity index (χ0) is 7.56. The van der Waals surface area contributed by atoms with Gasteiger partial charge < -0.3 is 0 Å². The van der Waals surface area contributed by atoms with Crippen molar-refractivity contribution in [1.82, 2.24) is 4.98 Å². The Labute approximate surface area is 81.7 Å². The van der Waals surface area contributed by atoms with Gasteiger partial charge in [-0.15, -0.1) is 17.0 Å². The molecule has 0 fully saturated rings. The van der Waals surface area contributed by atoms with Crippen molar-refractivity contribution in [3.05, 3.63) is 33.0 Å². The lowest BCUT2D eigenvalue weighted by Crippen LogP contribution is -1.88. The van der Waals surface area contributed by atoms with Crippen LogP contribution >= 0.6 is 32.9 Å². The highest BCUT2D eigenvalue weighted by atomic mass is 79.9. The highest BCUT2D eigenvalue weighted by molar-refractivity contribution is 9.10. The van der Waals surface area contributed by atoms with Crippen LogP contribution in [0.1, 0.15) is 0 Å². The fourth-order valence-electron chi connectivity index (χ4n) is 0.504. The molecular formula is C5H4Br2N2O2. The van der Waals surface area contributed by atoms with Crippen molar-refractivity contribution in [3.63, 3.8) is 0 Å². The van der Waals surface area contributed by atoms with Gasteiger partial charge in [0.1, 0.15) is 6.20 Å². The van der Waals surface area contributed by atoms with E-state index in [0.717, 1.165) is 0 Å². The Kier molecular flexibility index (Phi) is 4.20. The van der Waals surface area contributed by atoms with Crippen LogP contribution < -0.4 is 0 Å². The lowest BCUT2D eigenvalue weighted by molar-refractivity contribution is -0.386. The molecule has 0 saturated heterocycles. The second-order valence-electron chi connectivity index (χ2n) is 1.58. The predicted octanol–water partition coefficient (Wildman–Crippen LogP) is 2.33. The number of halogens is 2. The first-order valence-corrected chi connectivity index (χ1v) is 3.25. The van der Waals surface area contributed by atoms with Gasteiger partial charge in [0.25, 0.3) is 0 Å². The number of hydrogen-bond acceptors (Lipinski definition) is 3. The van der Waals surface area contributed by atoms with Gasteiger partial charge >= 0.3 is 5.69 Å². The third-order valence-corrected chi connectivity index (χ3v) is 1.62. The minimum Gasteiger partial charge on any atom is -0.258 e. The molecule has 0 radical (unpaired) electrons. The largest absolute Gasteiger partial charge is 0.301 e. The van der Waals surface area contributed by atoms with E-state index in [-0.39, 0.29) is 22.7 Å². The summed E-state index contributed by atoms with van der Waals surface area (Å²) >= 11 is 3.02. The summed E-state index contributed by atoms with van der Waals surface area (Å²) in [5.74, 6) is 0.